The van der Waals surface area contributed by atoms with Gasteiger partial charge in [-0.25, -0.2) is 13.2 Å². The highest BCUT2D eigenvalue weighted by molar-refractivity contribution is 7.22. The van der Waals surface area contributed by atoms with E-state index in [-0.39, 0.29) is 17.4 Å². The molecule has 40 heavy (non-hydrogen) atoms. The van der Waals surface area contributed by atoms with E-state index in [4.69, 9.17) is 4.74 Å². The van der Waals surface area contributed by atoms with Gasteiger partial charge in [-0.1, -0.05) is 67.7 Å². The van der Waals surface area contributed by atoms with Crippen LogP contribution in [0.5, 0.6) is 5.75 Å². The van der Waals surface area contributed by atoms with Gasteiger partial charge < -0.3 is 4.74 Å². The molecule has 2 heterocycles. The van der Waals surface area contributed by atoms with Crippen LogP contribution >= 0.6 is 22.7 Å². The van der Waals surface area contributed by atoms with E-state index < -0.39 is 34.8 Å². The predicted octanol–water partition coefficient (Wildman–Crippen LogP) is 11.3. The van der Waals surface area contributed by atoms with Crippen LogP contribution in [0.4, 0.5) is 22.0 Å². The fourth-order valence-electron chi connectivity index (χ4n) is 4.60. The fourth-order valence-corrected chi connectivity index (χ4v) is 7.27. The van der Waals surface area contributed by atoms with Gasteiger partial charge in [-0.05, 0) is 66.2 Å². The lowest BCUT2D eigenvalue weighted by atomic mass is 9.90. The lowest BCUT2D eigenvalue weighted by molar-refractivity contribution is 0.256. The topological polar surface area (TPSA) is 9.23 Å². The minimum absolute atomic E-state index is 0.0142. The van der Waals surface area contributed by atoms with E-state index in [9.17, 15) is 22.0 Å². The predicted molar refractivity (Wildman–Crippen MR) is 158 cm³/mol. The van der Waals surface area contributed by atoms with E-state index in [1.165, 1.54) is 56.3 Å². The summed E-state index contributed by atoms with van der Waals surface area (Å²) in [5, 5.41) is 0. The molecular formula is C32H41F5OS2. The zero-order valence-corrected chi connectivity index (χ0v) is 26.3. The van der Waals surface area contributed by atoms with Gasteiger partial charge in [-0.2, -0.15) is 8.78 Å². The largest absolute Gasteiger partial charge is 0.487 e. The molecule has 0 spiro atoms. The van der Waals surface area contributed by atoms with Gasteiger partial charge in [0.05, 0.1) is 6.61 Å². The number of hydrogen-bond acceptors (Lipinski definition) is 3. The molecule has 0 aliphatic carbocycles. The monoisotopic (exact) mass is 600 g/mol. The van der Waals surface area contributed by atoms with Crippen molar-refractivity contribution < 1.29 is 26.7 Å². The van der Waals surface area contributed by atoms with Crippen molar-refractivity contribution in [2.75, 3.05) is 6.61 Å². The molecule has 2 aromatic heterocycles. The summed E-state index contributed by atoms with van der Waals surface area (Å²) >= 11 is 3.68. The number of hydrogen-bond donors (Lipinski definition) is 0. The first kappa shape index (κ1) is 32.6. The standard InChI is InChI=1S/C32H41F5OS2/c1-8-9-10-11-15-20-17-21(39-30(20)32(5,6)7)29-19(18-22(40-29)31(2,3)4)14-12-13-16-38-28-26(36)24(34)23(33)25(35)27(28)37/h17-18H,8-16H2,1-7H3. The molecule has 1 nitrogen and oxygen atoms in total. The Morgan fingerprint density at radius 3 is 1.80 bits per heavy atom. The number of halogens is 5. The average molecular weight is 601 g/mol. The average Bonchev–Trinajstić information content (AvgIpc) is 3.50. The Kier molecular flexibility index (Phi) is 10.9. The van der Waals surface area contributed by atoms with E-state index in [2.05, 4.69) is 60.6 Å². The molecule has 0 aliphatic heterocycles. The van der Waals surface area contributed by atoms with Crippen LogP contribution in [0.15, 0.2) is 12.1 Å². The van der Waals surface area contributed by atoms with Gasteiger partial charge in [0, 0.05) is 19.5 Å². The van der Waals surface area contributed by atoms with Crippen molar-refractivity contribution in [3.8, 4) is 15.5 Å². The Morgan fingerprint density at radius 2 is 1.23 bits per heavy atom. The summed E-state index contributed by atoms with van der Waals surface area (Å²) in [4.78, 5) is 5.22. The number of aryl methyl sites for hydroxylation is 2. The Hall–Kier alpha value is -1.93. The normalized spacial score (nSPS) is 12.4. The van der Waals surface area contributed by atoms with E-state index in [0.29, 0.717) is 12.8 Å². The fraction of sp³-hybridized carbons (Fsp3) is 0.562. The second-order valence-electron chi connectivity index (χ2n) is 12.4. The maximum Gasteiger partial charge on any atom is 0.206 e. The third-order valence-corrected chi connectivity index (χ3v) is 10.2. The van der Waals surface area contributed by atoms with E-state index >= 15 is 0 Å². The molecule has 0 unspecified atom stereocenters. The van der Waals surface area contributed by atoms with Crippen molar-refractivity contribution in [1.82, 2.24) is 0 Å². The van der Waals surface area contributed by atoms with Crippen molar-refractivity contribution in [1.29, 1.82) is 0 Å². The van der Waals surface area contributed by atoms with Crippen LogP contribution in [-0.4, -0.2) is 6.61 Å². The van der Waals surface area contributed by atoms with Crippen molar-refractivity contribution in [3.05, 3.63) is 62.1 Å². The summed E-state index contributed by atoms with van der Waals surface area (Å²) in [5.74, 6) is -11.3. The van der Waals surface area contributed by atoms with Gasteiger partial charge in [-0.3, -0.25) is 0 Å². The van der Waals surface area contributed by atoms with Crippen LogP contribution in [0.25, 0.3) is 9.75 Å². The van der Waals surface area contributed by atoms with Crippen molar-refractivity contribution in [2.24, 2.45) is 0 Å². The van der Waals surface area contributed by atoms with E-state index in [1.807, 2.05) is 22.7 Å². The highest BCUT2D eigenvalue weighted by Gasteiger charge is 2.28. The number of unbranched alkanes of at least 4 members (excludes halogenated alkanes) is 4. The number of thiophene rings is 2. The SMILES string of the molecule is CCCCCCc1cc(-c2sc(C(C)(C)C)cc2CCCCOc2c(F)c(F)c(F)c(F)c2F)sc1C(C)(C)C. The molecule has 0 amide bonds. The molecule has 0 aliphatic rings. The quantitative estimate of drug-likeness (QED) is 0.0870. The molecule has 0 saturated carbocycles. The highest BCUT2D eigenvalue weighted by Crippen LogP contribution is 2.45. The van der Waals surface area contributed by atoms with Gasteiger partial charge in [0.15, 0.2) is 5.75 Å². The zero-order valence-electron chi connectivity index (χ0n) is 24.6. The molecular weight excluding hydrogens is 559 g/mol. The number of benzene rings is 1. The van der Waals surface area contributed by atoms with Gasteiger partial charge >= 0.3 is 0 Å². The third kappa shape index (κ3) is 7.67. The lowest BCUT2D eigenvalue weighted by Gasteiger charge is -2.19. The Balaban J connectivity index is 1.79. The van der Waals surface area contributed by atoms with Crippen LogP contribution in [0, 0.1) is 29.1 Å². The molecule has 8 heteroatoms. The third-order valence-electron chi connectivity index (χ3n) is 6.82. The molecule has 3 rings (SSSR count). The summed E-state index contributed by atoms with van der Waals surface area (Å²) < 4.78 is 73.1. The molecule has 0 bridgehead atoms. The first-order chi connectivity index (χ1) is 18.7. The van der Waals surface area contributed by atoms with Crippen LogP contribution in [0.3, 0.4) is 0 Å². The van der Waals surface area contributed by atoms with Crippen LogP contribution in [0.1, 0.15) is 108 Å². The number of rotatable bonds is 12. The van der Waals surface area contributed by atoms with Gasteiger partial charge in [-0.15, -0.1) is 22.7 Å². The van der Waals surface area contributed by atoms with E-state index in [1.54, 1.807) is 0 Å². The smallest absolute Gasteiger partial charge is 0.206 e. The van der Waals surface area contributed by atoms with Gasteiger partial charge in [0.2, 0.25) is 29.1 Å². The van der Waals surface area contributed by atoms with Crippen molar-refractivity contribution in [3.63, 3.8) is 0 Å². The summed E-state index contributed by atoms with van der Waals surface area (Å²) in [6.45, 7) is 15.4. The maximum atomic E-state index is 13.9. The molecule has 222 valence electrons. The molecule has 0 atom stereocenters. The molecule has 0 fully saturated rings. The summed E-state index contributed by atoms with van der Waals surface area (Å²) in [5.41, 5.74) is 2.68. The molecule has 3 aromatic rings. The van der Waals surface area contributed by atoms with Crippen molar-refractivity contribution in [2.45, 2.75) is 111 Å². The Morgan fingerprint density at radius 1 is 0.650 bits per heavy atom. The summed E-state index contributed by atoms with van der Waals surface area (Å²) in [7, 11) is 0. The minimum atomic E-state index is -2.19. The minimum Gasteiger partial charge on any atom is -0.487 e. The van der Waals surface area contributed by atoms with Gasteiger partial charge in [0.25, 0.3) is 0 Å². The van der Waals surface area contributed by atoms with Crippen LogP contribution in [0.2, 0.25) is 0 Å². The number of ether oxygens (including phenoxy) is 1. The first-order valence-corrected chi connectivity index (χ1v) is 15.7. The van der Waals surface area contributed by atoms with Gasteiger partial charge in [0.1, 0.15) is 0 Å². The van der Waals surface area contributed by atoms with E-state index in [0.717, 1.165) is 12.8 Å². The Bertz CT molecular complexity index is 1270. The zero-order chi connectivity index (χ0) is 29.8. The van der Waals surface area contributed by atoms with Crippen LogP contribution in [-0.2, 0) is 23.7 Å². The summed E-state index contributed by atoms with van der Waals surface area (Å²) in [6.07, 6.45) is 7.71. The molecule has 0 radical (unpaired) electrons. The molecule has 0 saturated heterocycles. The summed E-state index contributed by atoms with van der Waals surface area (Å²) in [6, 6.07) is 4.62. The lowest BCUT2D eigenvalue weighted by Crippen LogP contribution is -2.11. The maximum absolute atomic E-state index is 13.9. The molecule has 0 N–H and O–H groups in total. The highest BCUT2D eigenvalue weighted by atomic mass is 32.1. The molecule has 1 aromatic carbocycles. The second-order valence-corrected chi connectivity index (χ2v) is 14.5. The Labute approximate surface area is 243 Å². The van der Waals surface area contributed by atoms with Crippen LogP contribution < -0.4 is 4.74 Å². The van der Waals surface area contributed by atoms with Crippen molar-refractivity contribution >= 4 is 22.7 Å². The first-order valence-electron chi connectivity index (χ1n) is 14.1. The second kappa shape index (κ2) is 13.4.